The molecule has 1 N–H and O–H groups in total. The minimum absolute atomic E-state index is 0.0794. The van der Waals surface area contributed by atoms with Crippen LogP contribution < -0.4 is 5.32 Å². The Morgan fingerprint density at radius 2 is 1.74 bits per heavy atom. The van der Waals surface area contributed by atoms with Gasteiger partial charge in [-0.15, -0.1) is 0 Å². The third kappa shape index (κ3) is 5.16. The first kappa shape index (κ1) is 23.0. The number of carbonyl (C=O) groups is 2. The van der Waals surface area contributed by atoms with Gasteiger partial charge in [0.25, 0.3) is 11.8 Å². The molecule has 168 valence electrons. The van der Waals surface area contributed by atoms with Crippen LogP contribution in [0.1, 0.15) is 53.1 Å². The molecule has 1 fully saturated rings. The van der Waals surface area contributed by atoms with Crippen molar-refractivity contribution >= 4 is 21.8 Å². The summed E-state index contributed by atoms with van der Waals surface area (Å²) in [5.74, 6) is -0.358. The van der Waals surface area contributed by atoms with Crippen LogP contribution in [0.5, 0.6) is 0 Å². The molecule has 0 unspecified atom stereocenters. The number of hydrogen-bond donors (Lipinski definition) is 1. The number of rotatable bonds is 9. The van der Waals surface area contributed by atoms with Crippen LogP contribution in [0, 0.1) is 0 Å². The lowest BCUT2D eigenvalue weighted by Crippen LogP contribution is -2.30. The van der Waals surface area contributed by atoms with E-state index in [2.05, 4.69) is 5.32 Å². The first-order valence-corrected chi connectivity index (χ1v) is 11.9. The van der Waals surface area contributed by atoms with Crippen LogP contribution in [0.25, 0.3) is 0 Å². The maximum atomic E-state index is 13.0. The van der Waals surface area contributed by atoms with Gasteiger partial charge in [-0.2, -0.15) is 4.31 Å². The molecule has 1 aromatic heterocycles. The highest BCUT2D eigenvalue weighted by atomic mass is 32.2. The predicted octanol–water partition coefficient (Wildman–Crippen LogP) is 2.22. The largest absolute Gasteiger partial charge is 0.349 e. The molecule has 0 saturated heterocycles. The first-order chi connectivity index (χ1) is 14.7. The lowest BCUT2D eigenvalue weighted by Gasteiger charge is -2.18. The number of sulfonamides is 1. The highest BCUT2D eigenvalue weighted by Gasteiger charge is 2.26. The van der Waals surface area contributed by atoms with Crippen molar-refractivity contribution < 1.29 is 18.0 Å². The average Bonchev–Trinajstić information content (AvgIpc) is 3.46. The summed E-state index contributed by atoms with van der Waals surface area (Å²) < 4.78 is 28.4. The van der Waals surface area contributed by atoms with Crippen molar-refractivity contribution in [2.45, 2.75) is 44.2 Å². The van der Waals surface area contributed by atoms with E-state index in [0.29, 0.717) is 36.9 Å². The molecule has 0 atom stereocenters. The molecule has 3 rings (SSSR count). The van der Waals surface area contributed by atoms with E-state index in [0.717, 1.165) is 18.4 Å². The third-order valence-corrected chi connectivity index (χ3v) is 7.45. The fraction of sp³-hybridized carbons (Fsp3) is 0.455. The summed E-state index contributed by atoms with van der Waals surface area (Å²) in [6.07, 6.45) is 3.55. The molecule has 1 saturated carbocycles. The smallest absolute Gasteiger partial charge is 0.270 e. The van der Waals surface area contributed by atoms with Crippen LogP contribution in [-0.2, 0) is 23.6 Å². The Hall–Kier alpha value is -2.65. The van der Waals surface area contributed by atoms with Gasteiger partial charge in [0.05, 0.1) is 0 Å². The summed E-state index contributed by atoms with van der Waals surface area (Å²) in [5, 5.41) is 2.95. The zero-order valence-corrected chi connectivity index (χ0v) is 19.3. The van der Waals surface area contributed by atoms with Gasteiger partial charge in [-0.3, -0.25) is 9.59 Å². The molecule has 1 aromatic carbocycles. The lowest BCUT2D eigenvalue weighted by molar-refractivity contribution is 0.0775. The fourth-order valence-electron chi connectivity index (χ4n) is 3.40. The molecule has 1 heterocycles. The van der Waals surface area contributed by atoms with E-state index in [-0.39, 0.29) is 16.7 Å². The van der Waals surface area contributed by atoms with E-state index < -0.39 is 10.0 Å². The topological polar surface area (TPSA) is 91.7 Å². The minimum Gasteiger partial charge on any atom is -0.349 e. The van der Waals surface area contributed by atoms with Crippen LogP contribution in [0.3, 0.4) is 0 Å². The standard InChI is InChI=1S/C22H30N4O4S/c1-5-26(6-2)31(29,30)19-13-20(24(3)15-19)22(28)25(4)14-16-7-9-17(10-8-16)21(27)23-18-11-12-18/h7-10,13,15,18H,5-6,11-12,14H2,1-4H3,(H,23,27). The molecule has 0 spiro atoms. The van der Waals surface area contributed by atoms with Gasteiger partial charge in [0, 0.05) is 51.5 Å². The molecule has 1 aliphatic rings. The van der Waals surface area contributed by atoms with E-state index in [9.17, 15) is 18.0 Å². The molecular formula is C22H30N4O4S. The minimum atomic E-state index is -3.63. The van der Waals surface area contributed by atoms with Gasteiger partial charge in [-0.25, -0.2) is 8.42 Å². The average molecular weight is 447 g/mol. The molecule has 1 aliphatic carbocycles. The SMILES string of the molecule is CCN(CC)S(=O)(=O)c1cc(C(=O)N(C)Cc2ccc(C(=O)NC3CC3)cc2)n(C)c1. The summed E-state index contributed by atoms with van der Waals surface area (Å²) >= 11 is 0. The second-order valence-corrected chi connectivity index (χ2v) is 9.81. The molecule has 0 aliphatic heterocycles. The molecule has 31 heavy (non-hydrogen) atoms. The van der Waals surface area contributed by atoms with E-state index in [1.165, 1.54) is 21.5 Å². The highest BCUT2D eigenvalue weighted by molar-refractivity contribution is 7.89. The predicted molar refractivity (Wildman–Crippen MR) is 118 cm³/mol. The van der Waals surface area contributed by atoms with E-state index in [4.69, 9.17) is 0 Å². The molecule has 9 heteroatoms. The van der Waals surface area contributed by atoms with Crippen molar-refractivity contribution in [3.05, 3.63) is 53.3 Å². The fourth-order valence-corrected chi connectivity index (χ4v) is 4.93. The van der Waals surface area contributed by atoms with Crippen LogP contribution in [-0.4, -0.2) is 60.2 Å². The number of benzene rings is 1. The zero-order valence-electron chi connectivity index (χ0n) is 18.5. The number of aryl methyl sites for hydroxylation is 1. The maximum absolute atomic E-state index is 13.0. The summed E-state index contributed by atoms with van der Waals surface area (Å²) in [7, 11) is -0.304. The Bertz CT molecular complexity index is 1050. The van der Waals surface area contributed by atoms with Crippen molar-refractivity contribution in [1.82, 2.24) is 19.1 Å². The Balaban J connectivity index is 1.70. The summed E-state index contributed by atoms with van der Waals surface area (Å²) in [5.41, 5.74) is 1.77. The Labute approximate surface area is 183 Å². The van der Waals surface area contributed by atoms with E-state index in [1.54, 1.807) is 44.6 Å². The molecule has 0 bridgehead atoms. The number of hydrogen-bond acceptors (Lipinski definition) is 4. The Kier molecular flexibility index (Phi) is 6.86. The van der Waals surface area contributed by atoms with Crippen molar-refractivity contribution in [1.29, 1.82) is 0 Å². The molecule has 8 nitrogen and oxygen atoms in total. The normalized spacial score (nSPS) is 14.0. The Morgan fingerprint density at radius 1 is 1.13 bits per heavy atom. The van der Waals surface area contributed by atoms with Gasteiger partial charge in [-0.05, 0) is 36.6 Å². The van der Waals surface area contributed by atoms with Crippen LogP contribution in [0.15, 0.2) is 41.4 Å². The lowest BCUT2D eigenvalue weighted by atomic mass is 10.1. The van der Waals surface area contributed by atoms with Crippen LogP contribution in [0.4, 0.5) is 0 Å². The van der Waals surface area contributed by atoms with Crippen LogP contribution >= 0.6 is 0 Å². The number of amides is 2. The van der Waals surface area contributed by atoms with Crippen molar-refractivity contribution in [2.24, 2.45) is 7.05 Å². The summed E-state index contributed by atoms with van der Waals surface area (Å²) in [6.45, 7) is 4.64. The van der Waals surface area contributed by atoms with Gasteiger partial charge in [0.2, 0.25) is 10.0 Å². The quantitative estimate of drug-likeness (QED) is 0.639. The number of nitrogens with one attached hydrogen (secondary N) is 1. The number of aromatic nitrogens is 1. The van der Waals surface area contributed by atoms with Crippen molar-refractivity contribution in [3.8, 4) is 0 Å². The van der Waals surface area contributed by atoms with Crippen molar-refractivity contribution in [3.63, 3.8) is 0 Å². The third-order valence-electron chi connectivity index (χ3n) is 5.44. The molecule has 2 aromatic rings. The molecule has 0 radical (unpaired) electrons. The highest BCUT2D eigenvalue weighted by Crippen LogP contribution is 2.21. The first-order valence-electron chi connectivity index (χ1n) is 10.5. The van der Waals surface area contributed by atoms with E-state index in [1.807, 2.05) is 12.1 Å². The van der Waals surface area contributed by atoms with Crippen LogP contribution in [0.2, 0.25) is 0 Å². The van der Waals surface area contributed by atoms with Gasteiger partial charge in [-0.1, -0.05) is 26.0 Å². The molecule has 2 amide bonds. The second kappa shape index (κ2) is 9.23. The molecular weight excluding hydrogens is 416 g/mol. The number of carbonyl (C=O) groups excluding carboxylic acids is 2. The van der Waals surface area contributed by atoms with Gasteiger partial charge in [0.1, 0.15) is 10.6 Å². The van der Waals surface area contributed by atoms with Gasteiger partial charge in [0.15, 0.2) is 0 Å². The van der Waals surface area contributed by atoms with Crippen molar-refractivity contribution in [2.75, 3.05) is 20.1 Å². The second-order valence-electron chi connectivity index (χ2n) is 7.87. The Morgan fingerprint density at radius 3 is 2.29 bits per heavy atom. The monoisotopic (exact) mass is 446 g/mol. The van der Waals surface area contributed by atoms with Gasteiger partial charge >= 0.3 is 0 Å². The number of nitrogens with zero attached hydrogens (tertiary/aromatic N) is 3. The van der Waals surface area contributed by atoms with Gasteiger partial charge < -0.3 is 14.8 Å². The maximum Gasteiger partial charge on any atom is 0.270 e. The summed E-state index contributed by atoms with van der Waals surface area (Å²) in [6, 6.07) is 8.89. The van der Waals surface area contributed by atoms with E-state index >= 15 is 0 Å². The summed E-state index contributed by atoms with van der Waals surface area (Å²) in [4.78, 5) is 26.7. The zero-order chi connectivity index (χ0) is 22.8.